The molecule has 1 aromatic rings. The van der Waals surface area contributed by atoms with E-state index in [0.29, 0.717) is 50.2 Å². The Balaban J connectivity index is 1.46. The molecule has 8 heteroatoms. The molecule has 2 amide bonds. The summed E-state index contributed by atoms with van der Waals surface area (Å²) in [4.78, 5) is 30.1. The highest BCUT2D eigenvalue weighted by Crippen LogP contribution is 2.32. The van der Waals surface area contributed by atoms with E-state index in [1.165, 1.54) is 4.31 Å². The average molecular weight is 462 g/mol. The van der Waals surface area contributed by atoms with E-state index in [-0.39, 0.29) is 17.7 Å². The third-order valence-corrected chi connectivity index (χ3v) is 9.45. The summed E-state index contributed by atoms with van der Waals surface area (Å²) in [5.74, 6) is 0.101. The highest BCUT2D eigenvalue weighted by atomic mass is 32.2. The summed E-state index contributed by atoms with van der Waals surface area (Å²) in [6.07, 6.45) is 4.72. The first kappa shape index (κ1) is 23.2. The maximum absolute atomic E-state index is 13.6. The number of carbonyl (C=O) groups excluding carboxylic acids is 2. The summed E-state index contributed by atoms with van der Waals surface area (Å²) in [6.45, 7) is 8.72. The van der Waals surface area contributed by atoms with Gasteiger partial charge in [0.1, 0.15) is 6.04 Å². The van der Waals surface area contributed by atoms with E-state index in [9.17, 15) is 18.0 Å². The second-order valence-electron chi connectivity index (χ2n) is 9.63. The summed E-state index contributed by atoms with van der Waals surface area (Å²) in [7, 11) is -3.76. The molecule has 1 unspecified atom stereocenters. The topological polar surface area (TPSA) is 78.0 Å². The van der Waals surface area contributed by atoms with E-state index in [2.05, 4.69) is 0 Å². The fourth-order valence-corrected chi connectivity index (χ4v) is 7.79. The normalized spacial score (nSPS) is 23.2. The van der Waals surface area contributed by atoms with Crippen LogP contribution in [0.25, 0.3) is 0 Å². The summed E-state index contributed by atoms with van der Waals surface area (Å²) in [5, 5.41) is 0. The summed E-state index contributed by atoms with van der Waals surface area (Å²) >= 11 is 0. The molecule has 0 N–H and O–H groups in total. The van der Waals surface area contributed by atoms with Crippen molar-refractivity contribution in [2.75, 3.05) is 32.7 Å². The Morgan fingerprint density at radius 2 is 1.34 bits per heavy atom. The lowest BCUT2D eigenvalue weighted by Gasteiger charge is -2.36. The third kappa shape index (κ3) is 4.31. The number of rotatable bonds is 4. The predicted molar refractivity (Wildman–Crippen MR) is 123 cm³/mol. The van der Waals surface area contributed by atoms with Gasteiger partial charge in [0.15, 0.2) is 0 Å². The summed E-state index contributed by atoms with van der Waals surface area (Å²) in [5.41, 5.74) is 2.48. The van der Waals surface area contributed by atoms with Crippen molar-refractivity contribution in [3.63, 3.8) is 0 Å². The van der Waals surface area contributed by atoms with Crippen molar-refractivity contribution >= 4 is 21.8 Å². The van der Waals surface area contributed by atoms with Crippen molar-refractivity contribution in [3.8, 4) is 0 Å². The molecule has 4 rings (SSSR count). The van der Waals surface area contributed by atoms with Gasteiger partial charge in [-0.1, -0.05) is 17.7 Å². The molecule has 0 spiro atoms. The minimum absolute atomic E-state index is 0.0154. The van der Waals surface area contributed by atoms with Crippen molar-refractivity contribution in [1.82, 2.24) is 14.1 Å². The number of benzene rings is 1. The molecule has 3 fully saturated rings. The van der Waals surface area contributed by atoms with Crippen LogP contribution in [0.2, 0.25) is 0 Å². The molecular formula is C24H35N3O4S. The molecule has 7 nitrogen and oxygen atoms in total. The Morgan fingerprint density at radius 3 is 1.94 bits per heavy atom. The van der Waals surface area contributed by atoms with Crippen LogP contribution < -0.4 is 0 Å². The van der Waals surface area contributed by atoms with Gasteiger partial charge in [0.05, 0.1) is 4.90 Å². The molecular weight excluding hydrogens is 426 g/mol. The third-order valence-electron chi connectivity index (χ3n) is 7.23. The fourth-order valence-electron chi connectivity index (χ4n) is 5.72. The lowest BCUT2D eigenvalue weighted by molar-refractivity contribution is -0.141. The molecule has 3 saturated heterocycles. The standard InChI is InChI=1S/C24H35N3O4S/c1-17-15-18(2)22(19(3)16-17)32(30,31)27-12-6-7-21(27)24(29)26-13-8-20(9-14-26)23(28)25-10-4-5-11-25/h15-16,20-21H,4-14H2,1-3H3. The minimum Gasteiger partial charge on any atom is -0.342 e. The summed E-state index contributed by atoms with van der Waals surface area (Å²) in [6, 6.07) is 3.12. The quantitative estimate of drug-likeness (QED) is 0.691. The van der Waals surface area contributed by atoms with Crippen molar-refractivity contribution in [2.45, 2.75) is 70.2 Å². The van der Waals surface area contributed by atoms with E-state index >= 15 is 0 Å². The van der Waals surface area contributed by atoms with Crippen LogP contribution in [0.1, 0.15) is 55.2 Å². The van der Waals surface area contributed by atoms with E-state index in [4.69, 9.17) is 0 Å². The number of piperidine rings is 1. The number of aryl methyl sites for hydroxylation is 3. The largest absolute Gasteiger partial charge is 0.342 e. The van der Waals surface area contributed by atoms with Crippen LogP contribution in [0.5, 0.6) is 0 Å². The lowest BCUT2D eigenvalue weighted by atomic mass is 9.95. The second-order valence-corrected chi connectivity index (χ2v) is 11.5. The number of nitrogens with zero attached hydrogens (tertiary/aromatic N) is 3. The zero-order valence-corrected chi connectivity index (χ0v) is 20.3. The van der Waals surface area contributed by atoms with Gasteiger partial charge in [-0.05, 0) is 70.4 Å². The van der Waals surface area contributed by atoms with Gasteiger partial charge in [-0.25, -0.2) is 8.42 Å². The van der Waals surface area contributed by atoms with Crippen molar-refractivity contribution in [3.05, 3.63) is 28.8 Å². The van der Waals surface area contributed by atoms with Gasteiger partial charge in [-0.3, -0.25) is 9.59 Å². The predicted octanol–water partition coefficient (Wildman–Crippen LogP) is 2.63. The average Bonchev–Trinajstić information content (AvgIpc) is 3.44. The Kier molecular flexibility index (Phi) is 6.63. The number of carbonyl (C=O) groups is 2. The van der Waals surface area contributed by atoms with Crippen LogP contribution >= 0.6 is 0 Å². The van der Waals surface area contributed by atoms with Crippen LogP contribution in [0.3, 0.4) is 0 Å². The van der Waals surface area contributed by atoms with Crippen LogP contribution in [-0.2, 0) is 19.6 Å². The lowest BCUT2D eigenvalue weighted by Crippen LogP contribution is -2.51. The molecule has 1 atom stereocenters. The molecule has 3 heterocycles. The molecule has 3 aliphatic heterocycles. The van der Waals surface area contributed by atoms with Gasteiger partial charge in [0.25, 0.3) is 0 Å². The van der Waals surface area contributed by atoms with Crippen LogP contribution in [-0.4, -0.2) is 73.1 Å². The van der Waals surface area contributed by atoms with E-state index in [1.807, 2.05) is 37.8 Å². The Morgan fingerprint density at radius 1 is 0.781 bits per heavy atom. The monoisotopic (exact) mass is 461 g/mol. The molecule has 1 aromatic carbocycles. The first-order valence-electron chi connectivity index (χ1n) is 11.9. The molecule has 3 aliphatic rings. The summed E-state index contributed by atoms with van der Waals surface area (Å²) < 4.78 is 28.6. The number of hydrogen-bond donors (Lipinski definition) is 0. The number of amides is 2. The molecule has 0 radical (unpaired) electrons. The van der Waals surface area contributed by atoms with Crippen molar-refractivity contribution < 1.29 is 18.0 Å². The van der Waals surface area contributed by atoms with Crippen molar-refractivity contribution in [2.24, 2.45) is 5.92 Å². The van der Waals surface area contributed by atoms with Gasteiger partial charge in [0, 0.05) is 38.6 Å². The Labute approximate surface area is 191 Å². The highest BCUT2D eigenvalue weighted by Gasteiger charge is 2.43. The number of hydrogen-bond acceptors (Lipinski definition) is 4. The SMILES string of the molecule is Cc1cc(C)c(S(=O)(=O)N2CCCC2C(=O)N2CCC(C(=O)N3CCCC3)CC2)c(C)c1. The first-order valence-corrected chi connectivity index (χ1v) is 13.3. The first-order chi connectivity index (χ1) is 15.2. The molecule has 0 bridgehead atoms. The van der Waals surface area contributed by atoms with Crippen molar-refractivity contribution in [1.29, 1.82) is 0 Å². The number of sulfonamides is 1. The highest BCUT2D eigenvalue weighted by molar-refractivity contribution is 7.89. The molecule has 0 aromatic heterocycles. The van der Waals surface area contributed by atoms with Gasteiger partial charge in [-0.15, -0.1) is 0 Å². The minimum atomic E-state index is -3.76. The van der Waals surface area contributed by atoms with E-state index in [1.54, 1.807) is 4.90 Å². The van der Waals surface area contributed by atoms with Crippen LogP contribution in [0.15, 0.2) is 17.0 Å². The fraction of sp³-hybridized carbons (Fsp3) is 0.667. The zero-order chi connectivity index (χ0) is 23.0. The van der Waals surface area contributed by atoms with E-state index in [0.717, 1.165) is 42.6 Å². The second kappa shape index (κ2) is 9.14. The maximum Gasteiger partial charge on any atom is 0.244 e. The van der Waals surface area contributed by atoms with E-state index < -0.39 is 16.1 Å². The van der Waals surface area contributed by atoms with Gasteiger partial charge >= 0.3 is 0 Å². The molecule has 176 valence electrons. The van der Waals surface area contributed by atoms with Gasteiger partial charge in [0.2, 0.25) is 21.8 Å². The Bertz CT molecular complexity index is 969. The Hall–Kier alpha value is -1.93. The maximum atomic E-state index is 13.6. The smallest absolute Gasteiger partial charge is 0.244 e. The zero-order valence-electron chi connectivity index (χ0n) is 19.5. The molecule has 0 aliphatic carbocycles. The molecule has 0 saturated carbocycles. The number of likely N-dealkylation sites (tertiary alicyclic amines) is 2. The van der Waals surface area contributed by atoms with Crippen LogP contribution in [0, 0.1) is 26.7 Å². The van der Waals surface area contributed by atoms with Crippen LogP contribution in [0.4, 0.5) is 0 Å². The van der Waals surface area contributed by atoms with Gasteiger partial charge in [-0.2, -0.15) is 4.31 Å². The molecule has 32 heavy (non-hydrogen) atoms. The van der Waals surface area contributed by atoms with Gasteiger partial charge < -0.3 is 9.80 Å².